The molecule has 0 saturated carbocycles. The molecule has 1 atom stereocenters. The van der Waals surface area contributed by atoms with E-state index in [1.807, 2.05) is 27.1 Å². The van der Waals surface area contributed by atoms with Gasteiger partial charge in [0, 0.05) is 30.6 Å². The van der Waals surface area contributed by atoms with Crippen molar-refractivity contribution in [1.29, 1.82) is 0 Å². The van der Waals surface area contributed by atoms with Crippen molar-refractivity contribution in [2.24, 2.45) is 7.05 Å². The largest absolute Gasteiger partial charge is 0.378 e. The number of aromatic nitrogens is 2. The van der Waals surface area contributed by atoms with Crippen molar-refractivity contribution in [3.05, 3.63) is 51.6 Å². The highest BCUT2D eigenvalue weighted by molar-refractivity contribution is 5.52. The zero-order valence-electron chi connectivity index (χ0n) is 11.4. The second-order valence-electron chi connectivity index (χ2n) is 4.66. The van der Waals surface area contributed by atoms with Gasteiger partial charge < -0.3 is 5.32 Å². The highest BCUT2D eigenvalue weighted by atomic mass is 19.1. The van der Waals surface area contributed by atoms with E-state index in [1.165, 1.54) is 12.1 Å². The van der Waals surface area contributed by atoms with Crippen LogP contribution in [-0.4, -0.2) is 14.7 Å². The molecule has 0 saturated heterocycles. The lowest BCUT2D eigenvalue weighted by Gasteiger charge is -2.14. The Hall–Kier alpha value is -2.44. The van der Waals surface area contributed by atoms with Gasteiger partial charge in [-0.2, -0.15) is 5.10 Å². The van der Waals surface area contributed by atoms with E-state index in [-0.39, 0.29) is 11.7 Å². The van der Waals surface area contributed by atoms with Crippen molar-refractivity contribution in [3.8, 4) is 0 Å². The number of hydrogen-bond acceptors (Lipinski definition) is 4. The minimum atomic E-state index is -0.642. The molecule has 106 valence electrons. The summed E-state index contributed by atoms with van der Waals surface area (Å²) in [5.41, 5.74) is 1.91. The van der Waals surface area contributed by atoms with Crippen molar-refractivity contribution in [2.45, 2.75) is 19.9 Å². The zero-order chi connectivity index (χ0) is 14.9. The molecule has 7 heteroatoms. The van der Waals surface area contributed by atoms with Gasteiger partial charge >= 0.3 is 0 Å². The number of aryl methyl sites for hydroxylation is 2. The van der Waals surface area contributed by atoms with E-state index in [2.05, 4.69) is 10.4 Å². The molecule has 1 N–H and O–H groups in total. The van der Waals surface area contributed by atoms with E-state index in [1.54, 1.807) is 4.68 Å². The van der Waals surface area contributed by atoms with E-state index in [0.717, 1.165) is 17.3 Å². The van der Waals surface area contributed by atoms with E-state index in [0.29, 0.717) is 5.69 Å². The number of halogens is 1. The number of non-ortho nitro benzene ring substituents is 1. The normalized spacial score (nSPS) is 12.2. The minimum Gasteiger partial charge on any atom is -0.378 e. The lowest BCUT2D eigenvalue weighted by Crippen LogP contribution is -2.07. The molecule has 1 heterocycles. The number of nitro benzene ring substituents is 1. The summed E-state index contributed by atoms with van der Waals surface area (Å²) < 4.78 is 15.1. The molecule has 20 heavy (non-hydrogen) atoms. The highest BCUT2D eigenvalue weighted by Crippen LogP contribution is 2.25. The molecule has 1 unspecified atom stereocenters. The first-order valence-electron chi connectivity index (χ1n) is 6.08. The molecule has 0 aliphatic carbocycles. The summed E-state index contributed by atoms with van der Waals surface area (Å²) in [6.07, 6.45) is 1.86. The van der Waals surface area contributed by atoms with Crippen LogP contribution < -0.4 is 5.32 Å². The van der Waals surface area contributed by atoms with Crippen LogP contribution in [-0.2, 0) is 7.05 Å². The predicted octanol–water partition coefficient (Wildman–Crippen LogP) is 2.95. The summed E-state index contributed by atoms with van der Waals surface area (Å²) in [6.45, 7) is 3.77. The third-order valence-electron chi connectivity index (χ3n) is 2.99. The third kappa shape index (κ3) is 2.93. The molecular weight excluding hydrogens is 263 g/mol. The monoisotopic (exact) mass is 278 g/mol. The van der Waals surface area contributed by atoms with E-state index in [9.17, 15) is 14.5 Å². The van der Waals surface area contributed by atoms with Crippen molar-refractivity contribution < 1.29 is 9.31 Å². The fraction of sp³-hybridized carbons (Fsp3) is 0.308. The molecule has 0 bridgehead atoms. The first kappa shape index (κ1) is 14.0. The zero-order valence-corrected chi connectivity index (χ0v) is 11.4. The van der Waals surface area contributed by atoms with Gasteiger partial charge in [0.2, 0.25) is 0 Å². The molecule has 1 aromatic heterocycles. The second kappa shape index (κ2) is 5.28. The van der Waals surface area contributed by atoms with Crippen LogP contribution in [0.25, 0.3) is 0 Å². The van der Waals surface area contributed by atoms with E-state index in [4.69, 9.17) is 0 Å². The Bertz CT molecular complexity index is 654. The van der Waals surface area contributed by atoms with E-state index >= 15 is 0 Å². The molecule has 1 aromatic carbocycles. The minimum absolute atomic E-state index is 0.134. The van der Waals surface area contributed by atoms with Crippen molar-refractivity contribution >= 4 is 11.4 Å². The van der Waals surface area contributed by atoms with Crippen LogP contribution in [0.15, 0.2) is 24.4 Å². The van der Waals surface area contributed by atoms with E-state index < -0.39 is 10.7 Å². The van der Waals surface area contributed by atoms with Crippen LogP contribution in [0.2, 0.25) is 0 Å². The standard InChI is InChI=1S/C13H15FN4O2/c1-8(13-7-17(3)16-9(13)2)15-11-4-10(14)5-12(6-11)18(19)20/h4-8,15H,1-3H3. The second-order valence-corrected chi connectivity index (χ2v) is 4.66. The molecule has 6 nitrogen and oxygen atoms in total. The van der Waals surface area contributed by atoms with Gasteiger partial charge in [0.25, 0.3) is 5.69 Å². The van der Waals surface area contributed by atoms with Gasteiger partial charge in [0.15, 0.2) is 0 Å². The predicted molar refractivity (Wildman–Crippen MR) is 73.0 cm³/mol. The molecule has 0 aliphatic rings. The number of hydrogen-bond donors (Lipinski definition) is 1. The first-order valence-corrected chi connectivity index (χ1v) is 6.08. The Morgan fingerprint density at radius 1 is 1.45 bits per heavy atom. The Morgan fingerprint density at radius 2 is 2.15 bits per heavy atom. The molecule has 0 radical (unpaired) electrons. The number of anilines is 1. The average molecular weight is 278 g/mol. The summed E-state index contributed by atoms with van der Waals surface area (Å²) >= 11 is 0. The van der Waals surface area contributed by atoms with Crippen molar-refractivity contribution in [3.63, 3.8) is 0 Å². The summed E-state index contributed by atoms with van der Waals surface area (Å²) in [7, 11) is 1.82. The lowest BCUT2D eigenvalue weighted by molar-refractivity contribution is -0.385. The van der Waals surface area contributed by atoms with Crippen LogP contribution >= 0.6 is 0 Å². The summed E-state index contributed by atoms with van der Waals surface area (Å²) in [4.78, 5) is 10.1. The number of benzene rings is 1. The quantitative estimate of drug-likeness (QED) is 0.689. The van der Waals surface area contributed by atoms with Gasteiger partial charge in [-0.1, -0.05) is 0 Å². The van der Waals surface area contributed by atoms with Gasteiger partial charge in [0.05, 0.1) is 22.7 Å². The van der Waals surface area contributed by atoms with Gasteiger partial charge in [0.1, 0.15) is 5.82 Å². The van der Waals surface area contributed by atoms with Gasteiger partial charge in [-0.15, -0.1) is 0 Å². The summed E-state index contributed by atoms with van der Waals surface area (Å²) in [5, 5.41) is 18.0. The van der Waals surface area contributed by atoms with Gasteiger partial charge in [-0.25, -0.2) is 4.39 Å². The molecule has 2 rings (SSSR count). The Morgan fingerprint density at radius 3 is 2.70 bits per heavy atom. The number of nitrogens with zero attached hydrogens (tertiary/aromatic N) is 3. The fourth-order valence-electron chi connectivity index (χ4n) is 2.13. The van der Waals surface area contributed by atoms with Crippen LogP contribution in [0, 0.1) is 22.9 Å². The summed E-state index contributed by atoms with van der Waals surface area (Å²) in [6, 6.07) is 3.30. The Balaban J connectivity index is 2.25. The Kier molecular flexibility index (Phi) is 3.69. The molecule has 0 spiro atoms. The first-order chi connectivity index (χ1) is 9.36. The Labute approximate surface area is 115 Å². The van der Waals surface area contributed by atoms with Gasteiger partial charge in [-0.05, 0) is 19.9 Å². The maximum absolute atomic E-state index is 13.4. The number of nitro groups is 1. The van der Waals surface area contributed by atoms with Gasteiger partial charge in [-0.3, -0.25) is 14.8 Å². The van der Waals surface area contributed by atoms with Crippen LogP contribution in [0.4, 0.5) is 15.8 Å². The van der Waals surface area contributed by atoms with Crippen LogP contribution in [0.3, 0.4) is 0 Å². The molecular formula is C13H15FN4O2. The van der Waals surface area contributed by atoms with Crippen LogP contribution in [0.5, 0.6) is 0 Å². The molecule has 0 fully saturated rings. The molecule has 2 aromatic rings. The molecule has 0 aliphatic heterocycles. The SMILES string of the molecule is Cc1nn(C)cc1C(C)Nc1cc(F)cc([N+](=O)[O-])c1. The summed E-state index contributed by atoms with van der Waals surface area (Å²) in [5.74, 6) is -0.642. The van der Waals surface area contributed by atoms with Crippen molar-refractivity contribution in [1.82, 2.24) is 9.78 Å². The molecule has 0 amide bonds. The maximum atomic E-state index is 13.4. The smallest absolute Gasteiger partial charge is 0.274 e. The topological polar surface area (TPSA) is 73.0 Å². The number of rotatable bonds is 4. The highest BCUT2D eigenvalue weighted by Gasteiger charge is 2.14. The number of nitrogens with one attached hydrogen (secondary N) is 1. The average Bonchev–Trinajstić information content (AvgIpc) is 2.67. The lowest BCUT2D eigenvalue weighted by atomic mass is 10.1. The van der Waals surface area contributed by atoms with Crippen molar-refractivity contribution in [2.75, 3.05) is 5.32 Å². The maximum Gasteiger partial charge on any atom is 0.274 e. The fourth-order valence-corrected chi connectivity index (χ4v) is 2.13. The van der Waals surface area contributed by atoms with Crippen LogP contribution in [0.1, 0.15) is 24.2 Å². The third-order valence-corrected chi connectivity index (χ3v) is 2.99.